The van der Waals surface area contributed by atoms with E-state index in [4.69, 9.17) is 9.84 Å². The van der Waals surface area contributed by atoms with E-state index in [0.29, 0.717) is 42.5 Å². The number of nitrogens with one attached hydrogen (secondary N) is 2. The molecule has 1 atom stereocenters. The van der Waals surface area contributed by atoms with Crippen molar-refractivity contribution in [3.8, 4) is 11.4 Å². The fourth-order valence-electron chi connectivity index (χ4n) is 4.22. The molecular formula is C23H27N9O3S. The Kier molecular flexibility index (Phi) is 5.60. The van der Waals surface area contributed by atoms with Crippen molar-refractivity contribution in [2.75, 3.05) is 23.8 Å². The van der Waals surface area contributed by atoms with E-state index >= 15 is 0 Å². The highest BCUT2D eigenvalue weighted by Gasteiger charge is 2.37. The Morgan fingerprint density at radius 2 is 2.00 bits per heavy atom. The lowest BCUT2D eigenvalue weighted by Crippen LogP contribution is -2.19. The molecule has 0 aromatic carbocycles. The number of ether oxygens (including phenoxy) is 1. The lowest BCUT2D eigenvalue weighted by molar-refractivity contribution is 0.195. The molecule has 13 heteroatoms. The third-order valence-electron chi connectivity index (χ3n) is 6.29. The van der Waals surface area contributed by atoms with Crippen LogP contribution in [0.4, 0.5) is 17.5 Å². The normalized spacial score (nSPS) is 18.2. The van der Waals surface area contributed by atoms with Crippen molar-refractivity contribution in [3.63, 3.8) is 0 Å². The highest BCUT2D eigenvalue weighted by atomic mass is 32.2. The average molecular weight is 510 g/mol. The SMILES string of the molecule is CC(C)n1nc(NC2CCOC2)c2cnc(Nc3ccnc(-c4cnn(S(=O)(=O)C5CC5)c4)n3)cc21. The highest BCUT2D eigenvalue weighted by molar-refractivity contribution is 7.90. The first kappa shape index (κ1) is 22.9. The van der Waals surface area contributed by atoms with Crippen molar-refractivity contribution in [1.29, 1.82) is 0 Å². The fourth-order valence-corrected chi connectivity index (χ4v) is 5.70. The van der Waals surface area contributed by atoms with Gasteiger partial charge in [-0.25, -0.2) is 23.4 Å². The molecule has 4 aromatic rings. The van der Waals surface area contributed by atoms with E-state index < -0.39 is 10.0 Å². The minimum atomic E-state index is -3.45. The second-order valence-corrected chi connectivity index (χ2v) is 11.5. The van der Waals surface area contributed by atoms with E-state index in [9.17, 15) is 8.42 Å². The van der Waals surface area contributed by atoms with Gasteiger partial charge in [0.1, 0.15) is 11.6 Å². The summed E-state index contributed by atoms with van der Waals surface area (Å²) in [6, 6.07) is 4.07. The molecule has 2 aliphatic rings. The van der Waals surface area contributed by atoms with Crippen molar-refractivity contribution < 1.29 is 13.2 Å². The van der Waals surface area contributed by atoms with E-state index in [2.05, 4.69) is 44.5 Å². The van der Waals surface area contributed by atoms with Crippen molar-refractivity contribution in [2.45, 2.75) is 50.4 Å². The predicted octanol–water partition coefficient (Wildman–Crippen LogP) is 2.95. The molecule has 4 aromatic heterocycles. The zero-order chi connectivity index (χ0) is 24.9. The van der Waals surface area contributed by atoms with Crippen LogP contribution in [0.3, 0.4) is 0 Å². The zero-order valence-electron chi connectivity index (χ0n) is 20.0. The lowest BCUT2D eigenvalue weighted by Gasteiger charge is -2.09. The zero-order valence-corrected chi connectivity index (χ0v) is 20.8. The van der Waals surface area contributed by atoms with Gasteiger partial charge in [0.15, 0.2) is 11.6 Å². The first-order valence-corrected chi connectivity index (χ1v) is 13.5. The molecule has 0 radical (unpaired) electrons. The maximum Gasteiger partial charge on any atom is 0.256 e. The van der Waals surface area contributed by atoms with Gasteiger partial charge in [-0.2, -0.15) is 14.3 Å². The van der Waals surface area contributed by atoms with Gasteiger partial charge in [-0.05, 0) is 39.2 Å². The number of hydrogen-bond donors (Lipinski definition) is 2. The third-order valence-corrected chi connectivity index (χ3v) is 8.32. The quantitative estimate of drug-likeness (QED) is 0.364. The Bertz CT molecular complexity index is 1520. The Morgan fingerprint density at radius 3 is 2.75 bits per heavy atom. The number of pyridine rings is 1. The molecule has 1 saturated heterocycles. The molecule has 1 unspecified atom stereocenters. The summed E-state index contributed by atoms with van der Waals surface area (Å²) in [6.07, 6.45) is 8.64. The topological polar surface area (TPSA) is 142 Å². The number of aromatic nitrogens is 7. The van der Waals surface area contributed by atoms with E-state index in [0.717, 1.165) is 33.8 Å². The van der Waals surface area contributed by atoms with E-state index in [1.54, 1.807) is 18.5 Å². The smallest absolute Gasteiger partial charge is 0.256 e. The van der Waals surface area contributed by atoms with Gasteiger partial charge < -0.3 is 15.4 Å². The van der Waals surface area contributed by atoms with Crippen LogP contribution in [0.15, 0.2) is 36.9 Å². The first-order chi connectivity index (χ1) is 17.4. The number of rotatable bonds is 8. The molecule has 2 fully saturated rings. The Morgan fingerprint density at radius 1 is 1.14 bits per heavy atom. The molecule has 0 bridgehead atoms. The van der Waals surface area contributed by atoms with Gasteiger partial charge >= 0.3 is 0 Å². The summed E-state index contributed by atoms with van der Waals surface area (Å²) in [4.78, 5) is 13.4. The lowest BCUT2D eigenvalue weighted by atomic mass is 10.2. The summed E-state index contributed by atoms with van der Waals surface area (Å²) in [5, 5.41) is 16.1. The van der Waals surface area contributed by atoms with Gasteiger partial charge in [-0.1, -0.05) is 0 Å². The fraction of sp³-hybridized carbons (Fsp3) is 0.435. The molecule has 6 rings (SSSR count). The van der Waals surface area contributed by atoms with Crippen LogP contribution in [0.25, 0.3) is 22.3 Å². The second kappa shape index (κ2) is 8.82. The van der Waals surface area contributed by atoms with Crippen LogP contribution in [0.1, 0.15) is 39.2 Å². The molecule has 1 aliphatic heterocycles. The highest BCUT2D eigenvalue weighted by Crippen LogP contribution is 2.31. The molecule has 2 N–H and O–H groups in total. The maximum atomic E-state index is 12.4. The third kappa shape index (κ3) is 4.28. The number of hydrogen-bond acceptors (Lipinski definition) is 10. The van der Waals surface area contributed by atoms with Crippen molar-refractivity contribution in [3.05, 3.63) is 36.9 Å². The number of fused-ring (bicyclic) bond motifs is 1. The Balaban J connectivity index is 1.26. The van der Waals surface area contributed by atoms with Crippen molar-refractivity contribution in [1.82, 2.24) is 33.9 Å². The summed E-state index contributed by atoms with van der Waals surface area (Å²) >= 11 is 0. The molecule has 36 heavy (non-hydrogen) atoms. The second-order valence-electron chi connectivity index (χ2n) is 9.41. The van der Waals surface area contributed by atoms with E-state index in [1.807, 2.05) is 10.7 Å². The van der Waals surface area contributed by atoms with Crippen molar-refractivity contribution >= 4 is 38.4 Å². The van der Waals surface area contributed by atoms with Crippen molar-refractivity contribution in [2.24, 2.45) is 0 Å². The summed E-state index contributed by atoms with van der Waals surface area (Å²) in [7, 11) is -3.45. The molecule has 0 spiro atoms. The van der Waals surface area contributed by atoms with Gasteiger partial charge in [0.25, 0.3) is 10.0 Å². The van der Waals surface area contributed by atoms with E-state index in [-0.39, 0.29) is 17.3 Å². The molecule has 0 amide bonds. The molecular weight excluding hydrogens is 482 g/mol. The van der Waals surface area contributed by atoms with Crippen LogP contribution in [-0.4, -0.2) is 66.8 Å². The van der Waals surface area contributed by atoms with Crippen LogP contribution in [-0.2, 0) is 14.8 Å². The molecule has 1 aliphatic carbocycles. The van der Waals surface area contributed by atoms with Gasteiger partial charge in [0.2, 0.25) is 0 Å². The minimum absolute atomic E-state index is 0.159. The van der Waals surface area contributed by atoms with Crippen LogP contribution in [0.2, 0.25) is 0 Å². The molecule has 12 nitrogen and oxygen atoms in total. The van der Waals surface area contributed by atoms with Gasteiger partial charge in [-0.3, -0.25) is 4.68 Å². The molecule has 5 heterocycles. The largest absolute Gasteiger partial charge is 0.379 e. The summed E-state index contributed by atoms with van der Waals surface area (Å²) in [5.74, 6) is 2.31. The Labute approximate surface area is 208 Å². The van der Waals surface area contributed by atoms with Crippen LogP contribution >= 0.6 is 0 Å². The Hall–Kier alpha value is -3.58. The summed E-state index contributed by atoms with van der Waals surface area (Å²) < 4.78 is 33.4. The first-order valence-electron chi connectivity index (χ1n) is 12.0. The minimum Gasteiger partial charge on any atom is -0.379 e. The standard InChI is InChI=1S/C23H27N9O3S/c1-14(2)32-19-9-21(25-11-18(19)23(30-32)27-16-6-8-35-13-16)28-20-5-7-24-22(29-20)15-10-26-31(12-15)36(33,34)17-3-4-17/h5,7,9-12,14,16-17H,3-4,6,8,13H2,1-2H3,(H,27,30)(H,24,25,28,29). The van der Waals surface area contributed by atoms with Gasteiger partial charge in [0, 0.05) is 31.1 Å². The van der Waals surface area contributed by atoms with Crippen LogP contribution in [0.5, 0.6) is 0 Å². The number of anilines is 3. The average Bonchev–Trinajstić information content (AvgIpc) is 3.25. The molecule has 188 valence electrons. The van der Waals surface area contributed by atoms with Gasteiger partial charge in [0.05, 0.1) is 46.8 Å². The summed E-state index contributed by atoms with van der Waals surface area (Å²) in [5.41, 5.74) is 1.47. The van der Waals surface area contributed by atoms with E-state index in [1.165, 1.54) is 12.4 Å². The van der Waals surface area contributed by atoms with Gasteiger partial charge in [-0.15, -0.1) is 0 Å². The van der Waals surface area contributed by atoms with Crippen LogP contribution < -0.4 is 10.6 Å². The summed E-state index contributed by atoms with van der Waals surface area (Å²) in [6.45, 7) is 5.60. The van der Waals surface area contributed by atoms with Crippen LogP contribution in [0, 0.1) is 0 Å². The number of nitrogens with zero attached hydrogens (tertiary/aromatic N) is 7. The maximum absolute atomic E-state index is 12.4. The monoisotopic (exact) mass is 509 g/mol. The molecule has 1 saturated carbocycles. The predicted molar refractivity (Wildman–Crippen MR) is 135 cm³/mol.